The minimum atomic E-state index is -0.160. The molecule has 21 heavy (non-hydrogen) atoms. The Morgan fingerprint density at radius 1 is 1.33 bits per heavy atom. The number of aryl methyl sites for hydroxylation is 1. The molecule has 0 bridgehead atoms. The molecule has 106 valence electrons. The van der Waals surface area contributed by atoms with Gasteiger partial charge in [-0.05, 0) is 48.4 Å². The molecule has 0 aliphatic rings. The largest absolute Gasteiger partial charge is 0.347 e. The number of nitrogens with zero attached hydrogens (tertiary/aromatic N) is 1. The normalized spacial score (nSPS) is 10.8. The number of pyridine rings is 1. The highest BCUT2D eigenvalue weighted by Crippen LogP contribution is 2.16. The van der Waals surface area contributed by atoms with Crippen LogP contribution in [-0.4, -0.2) is 15.9 Å². The average molecular weight is 300 g/mol. The van der Waals surface area contributed by atoms with Crippen LogP contribution in [0.25, 0.3) is 11.0 Å². The van der Waals surface area contributed by atoms with Crippen molar-refractivity contribution in [3.63, 3.8) is 0 Å². The van der Waals surface area contributed by atoms with Gasteiger partial charge in [-0.15, -0.1) is 0 Å². The quantitative estimate of drug-likeness (QED) is 0.778. The van der Waals surface area contributed by atoms with Crippen LogP contribution in [0.2, 0.25) is 5.02 Å². The molecule has 0 radical (unpaired) electrons. The number of aromatic nitrogens is 2. The second-order valence-electron chi connectivity index (χ2n) is 4.88. The van der Waals surface area contributed by atoms with Crippen molar-refractivity contribution in [3.8, 4) is 0 Å². The number of hydrogen-bond donors (Lipinski definition) is 2. The minimum absolute atomic E-state index is 0.160. The fourth-order valence-corrected chi connectivity index (χ4v) is 2.38. The lowest BCUT2D eigenvalue weighted by Crippen LogP contribution is -2.23. The van der Waals surface area contributed by atoms with Gasteiger partial charge in [0.15, 0.2) is 0 Å². The Hall–Kier alpha value is -2.33. The summed E-state index contributed by atoms with van der Waals surface area (Å²) in [6.45, 7) is 2.43. The van der Waals surface area contributed by atoms with Gasteiger partial charge >= 0.3 is 0 Å². The maximum Gasteiger partial charge on any atom is 0.268 e. The zero-order valence-electron chi connectivity index (χ0n) is 11.5. The van der Waals surface area contributed by atoms with Crippen molar-refractivity contribution >= 4 is 28.5 Å². The number of fused-ring (bicyclic) bond motifs is 1. The first-order valence-electron chi connectivity index (χ1n) is 6.60. The van der Waals surface area contributed by atoms with Crippen molar-refractivity contribution in [1.29, 1.82) is 0 Å². The number of carbonyl (C=O) groups excluding carboxylic acids is 1. The molecule has 0 unspecified atom stereocenters. The molecule has 0 saturated heterocycles. The van der Waals surface area contributed by atoms with E-state index in [1.165, 1.54) is 0 Å². The Bertz CT molecular complexity index is 777. The lowest BCUT2D eigenvalue weighted by molar-refractivity contribution is 0.0946. The SMILES string of the molecule is Cc1ccc(Cl)cc1CNC(=O)c1cc2cccnc2[nH]1. The molecule has 1 amide bonds. The van der Waals surface area contributed by atoms with Crippen LogP contribution in [0.5, 0.6) is 0 Å². The standard InChI is InChI=1S/C16H14ClN3O/c1-10-4-5-13(17)7-12(10)9-19-16(21)14-8-11-3-2-6-18-15(11)20-14/h2-8H,9H2,1H3,(H,18,20)(H,19,21). The van der Waals surface area contributed by atoms with Gasteiger partial charge in [-0.3, -0.25) is 4.79 Å². The molecule has 5 heteroatoms. The van der Waals surface area contributed by atoms with Crippen molar-refractivity contribution in [3.05, 3.63) is 64.4 Å². The molecule has 4 nitrogen and oxygen atoms in total. The van der Waals surface area contributed by atoms with Crippen LogP contribution >= 0.6 is 11.6 Å². The number of carbonyl (C=O) groups is 1. The van der Waals surface area contributed by atoms with Gasteiger partial charge in [-0.25, -0.2) is 4.98 Å². The van der Waals surface area contributed by atoms with Crippen LogP contribution in [0, 0.1) is 6.92 Å². The van der Waals surface area contributed by atoms with Crippen LogP contribution in [0.3, 0.4) is 0 Å². The summed E-state index contributed by atoms with van der Waals surface area (Å²) in [6, 6.07) is 11.2. The highest BCUT2D eigenvalue weighted by atomic mass is 35.5. The Balaban J connectivity index is 1.75. The van der Waals surface area contributed by atoms with E-state index in [0.29, 0.717) is 22.9 Å². The Kier molecular flexibility index (Phi) is 3.62. The van der Waals surface area contributed by atoms with Crippen molar-refractivity contribution in [2.24, 2.45) is 0 Å². The third-order valence-corrected chi connectivity index (χ3v) is 3.62. The van der Waals surface area contributed by atoms with Crippen LogP contribution in [-0.2, 0) is 6.54 Å². The van der Waals surface area contributed by atoms with Crippen LogP contribution in [0.4, 0.5) is 0 Å². The first-order chi connectivity index (χ1) is 10.1. The van der Waals surface area contributed by atoms with Crippen LogP contribution < -0.4 is 5.32 Å². The lowest BCUT2D eigenvalue weighted by atomic mass is 10.1. The van der Waals surface area contributed by atoms with Gasteiger partial charge in [0.05, 0.1) is 0 Å². The monoisotopic (exact) mass is 299 g/mol. The number of H-pyrrole nitrogens is 1. The summed E-state index contributed by atoms with van der Waals surface area (Å²) in [5, 5.41) is 4.47. The van der Waals surface area contributed by atoms with Gasteiger partial charge in [-0.2, -0.15) is 0 Å². The molecule has 0 aliphatic carbocycles. The summed E-state index contributed by atoms with van der Waals surface area (Å²) in [7, 11) is 0. The first-order valence-corrected chi connectivity index (χ1v) is 6.98. The van der Waals surface area contributed by atoms with Gasteiger partial charge < -0.3 is 10.3 Å². The maximum atomic E-state index is 12.2. The molecule has 3 aromatic rings. The van der Waals surface area contributed by atoms with E-state index in [2.05, 4.69) is 15.3 Å². The van der Waals surface area contributed by atoms with E-state index >= 15 is 0 Å². The molecule has 0 spiro atoms. The number of aromatic amines is 1. The fraction of sp³-hybridized carbons (Fsp3) is 0.125. The van der Waals surface area contributed by atoms with Crippen molar-refractivity contribution in [1.82, 2.24) is 15.3 Å². The average Bonchev–Trinajstić information content (AvgIpc) is 2.92. The topological polar surface area (TPSA) is 57.8 Å². The maximum absolute atomic E-state index is 12.2. The van der Waals surface area contributed by atoms with Crippen LogP contribution in [0.15, 0.2) is 42.6 Å². The first kappa shape index (κ1) is 13.6. The van der Waals surface area contributed by atoms with Crippen LogP contribution in [0.1, 0.15) is 21.6 Å². The van der Waals surface area contributed by atoms with E-state index in [0.717, 1.165) is 16.5 Å². The minimum Gasteiger partial charge on any atom is -0.347 e. The predicted octanol–water partition coefficient (Wildman–Crippen LogP) is 3.45. The van der Waals surface area contributed by atoms with E-state index in [1.807, 2.05) is 37.3 Å². The third kappa shape index (κ3) is 2.90. The van der Waals surface area contributed by atoms with E-state index in [4.69, 9.17) is 11.6 Å². The second kappa shape index (κ2) is 5.58. The fourth-order valence-electron chi connectivity index (χ4n) is 2.18. The molecule has 0 atom stereocenters. The summed E-state index contributed by atoms with van der Waals surface area (Å²) in [5.41, 5.74) is 3.31. The zero-order chi connectivity index (χ0) is 14.8. The number of rotatable bonds is 3. The molecule has 0 saturated carbocycles. The summed E-state index contributed by atoms with van der Waals surface area (Å²) in [4.78, 5) is 19.4. The molecule has 2 heterocycles. The Labute approximate surface area is 127 Å². The third-order valence-electron chi connectivity index (χ3n) is 3.39. The number of hydrogen-bond acceptors (Lipinski definition) is 2. The smallest absolute Gasteiger partial charge is 0.268 e. The molecule has 0 fully saturated rings. The summed E-state index contributed by atoms with van der Waals surface area (Å²) < 4.78 is 0. The molecule has 0 aliphatic heterocycles. The number of amides is 1. The van der Waals surface area contributed by atoms with Crippen molar-refractivity contribution in [2.75, 3.05) is 0 Å². The Morgan fingerprint density at radius 2 is 2.19 bits per heavy atom. The van der Waals surface area contributed by atoms with E-state index in [9.17, 15) is 4.79 Å². The van der Waals surface area contributed by atoms with Gasteiger partial charge in [0.1, 0.15) is 11.3 Å². The summed E-state index contributed by atoms with van der Waals surface area (Å²) >= 11 is 5.98. The molecule has 1 aromatic carbocycles. The Morgan fingerprint density at radius 3 is 3.00 bits per heavy atom. The predicted molar refractivity (Wildman–Crippen MR) is 83.5 cm³/mol. The summed E-state index contributed by atoms with van der Waals surface area (Å²) in [6.07, 6.45) is 1.69. The lowest BCUT2D eigenvalue weighted by Gasteiger charge is -2.07. The number of nitrogens with one attached hydrogen (secondary N) is 2. The second-order valence-corrected chi connectivity index (χ2v) is 5.31. The van der Waals surface area contributed by atoms with Crippen molar-refractivity contribution < 1.29 is 4.79 Å². The zero-order valence-corrected chi connectivity index (χ0v) is 12.2. The van der Waals surface area contributed by atoms with E-state index < -0.39 is 0 Å². The van der Waals surface area contributed by atoms with E-state index in [-0.39, 0.29) is 5.91 Å². The van der Waals surface area contributed by atoms with Gasteiger partial charge in [0.25, 0.3) is 5.91 Å². The van der Waals surface area contributed by atoms with Gasteiger partial charge in [0.2, 0.25) is 0 Å². The van der Waals surface area contributed by atoms with Gasteiger partial charge in [0, 0.05) is 23.2 Å². The molecule has 3 rings (SSSR count). The molecular weight excluding hydrogens is 286 g/mol. The van der Waals surface area contributed by atoms with Crippen molar-refractivity contribution in [2.45, 2.75) is 13.5 Å². The molecule has 2 aromatic heterocycles. The number of benzene rings is 1. The highest BCUT2D eigenvalue weighted by molar-refractivity contribution is 6.30. The number of halogens is 1. The summed E-state index contributed by atoms with van der Waals surface area (Å²) in [5.74, 6) is -0.160. The van der Waals surface area contributed by atoms with Gasteiger partial charge in [-0.1, -0.05) is 17.7 Å². The highest BCUT2D eigenvalue weighted by Gasteiger charge is 2.10. The molecular formula is C16H14ClN3O. The molecule has 2 N–H and O–H groups in total. The van der Waals surface area contributed by atoms with E-state index in [1.54, 1.807) is 12.3 Å².